The Hall–Kier alpha value is -1.40. The number of amides is 1. The number of hydrogen-bond donors (Lipinski definition) is 2. The lowest BCUT2D eigenvalue weighted by Crippen LogP contribution is -2.32. The highest BCUT2D eigenvalue weighted by Crippen LogP contribution is 2.26. The van der Waals surface area contributed by atoms with E-state index in [1.165, 1.54) is 12.1 Å². The number of H-pyrrole nitrogens is 1. The number of aromatic amines is 1. The van der Waals surface area contributed by atoms with Crippen LogP contribution in [0.3, 0.4) is 0 Å². The molecule has 20 heavy (non-hydrogen) atoms. The maximum Gasteiger partial charge on any atom is 0.243 e. The minimum Gasteiger partial charge on any atom is -0.352 e. The second-order valence-corrected chi connectivity index (χ2v) is 5.84. The van der Waals surface area contributed by atoms with E-state index in [-0.39, 0.29) is 17.0 Å². The Morgan fingerprint density at radius 2 is 2.30 bits per heavy atom. The zero-order valence-corrected chi connectivity index (χ0v) is 12.3. The van der Waals surface area contributed by atoms with Gasteiger partial charge in [0.2, 0.25) is 5.91 Å². The molecule has 1 atom stereocenters. The SMILES string of the molecule is CC(C(=O)NC1CC1)n1c(=S)[nH]c2cc(F)c(Cl)cc21. The molecule has 0 bridgehead atoms. The Labute approximate surface area is 124 Å². The van der Waals surface area contributed by atoms with Crippen molar-refractivity contribution in [2.75, 3.05) is 0 Å². The van der Waals surface area contributed by atoms with Gasteiger partial charge in [0.25, 0.3) is 0 Å². The van der Waals surface area contributed by atoms with Crippen molar-refractivity contribution >= 4 is 40.8 Å². The Bertz CT molecular complexity index is 750. The minimum absolute atomic E-state index is 0.00931. The third-order valence-corrected chi connectivity index (χ3v) is 4.04. The molecule has 0 aliphatic heterocycles. The van der Waals surface area contributed by atoms with E-state index in [9.17, 15) is 9.18 Å². The maximum atomic E-state index is 13.5. The fraction of sp³-hybridized carbons (Fsp3) is 0.385. The second-order valence-electron chi connectivity index (χ2n) is 5.04. The smallest absolute Gasteiger partial charge is 0.243 e. The van der Waals surface area contributed by atoms with Gasteiger partial charge in [-0.15, -0.1) is 0 Å². The third kappa shape index (κ3) is 2.33. The van der Waals surface area contributed by atoms with Gasteiger partial charge in [-0.3, -0.25) is 4.79 Å². The van der Waals surface area contributed by atoms with Gasteiger partial charge in [0.1, 0.15) is 11.9 Å². The Balaban J connectivity index is 2.05. The van der Waals surface area contributed by atoms with Crippen molar-refractivity contribution < 1.29 is 9.18 Å². The second kappa shape index (κ2) is 4.86. The molecule has 3 rings (SSSR count). The van der Waals surface area contributed by atoms with Crippen LogP contribution < -0.4 is 5.32 Å². The van der Waals surface area contributed by atoms with E-state index in [1.54, 1.807) is 11.5 Å². The molecule has 106 valence electrons. The van der Waals surface area contributed by atoms with Gasteiger partial charge in [-0.05, 0) is 38.0 Å². The summed E-state index contributed by atoms with van der Waals surface area (Å²) >= 11 is 11.0. The molecule has 0 saturated heterocycles. The van der Waals surface area contributed by atoms with E-state index in [2.05, 4.69) is 10.3 Å². The van der Waals surface area contributed by atoms with Crippen LogP contribution in [0.25, 0.3) is 11.0 Å². The van der Waals surface area contributed by atoms with Crippen molar-refractivity contribution in [3.8, 4) is 0 Å². The highest BCUT2D eigenvalue weighted by molar-refractivity contribution is 7.71. The van der Waals surface area contributed by atoms with Gasteiger partial charge < -0.3 is 14.9 Å². The van der Waals surface area contributed by atoms with Crippen molar-refractivity contribution in [2.45, 2.75) is 31.8 Å². The summed E-state index contributed by atoms with van der Waals surface area (Å²) in [6, 6.07) is 2.58. The monoisotopic (exact) mass is 313 g/mol. The van der Waals surface area contributed by atoms with Gasteiger partial charge in [0.15, 0.2) is 4.77 Å². The number of nitrogens with one attached hydrogen (secondary N) is 2. The van der Waals surface area contributed by atoms with Crippen molar-refractivity contribution in [1.82, 2.24) is 14.9 Å². The van der Waals surface area contributed by atoms with Gasteiger partial charge in [0.05, 0.1) is 16.1 Å². The first-order chi connectivity index (χ1) is 9.47. The van der Waals surface area contributed by atoms with Crippen molar-refractivity contribution in [1.29, 1.82) is 0 Å². The van der Waals surface area contributed by atoms with E-state index in [1.807, 2.05) is 0 Å². The number of carbonyl (C=O) groups excluding carboxylic acids is 1. The van der Waals surface area contributed by atoms with Crippen LogP contribution >= 0.6 is 23.8 Å². The van der Waals surface area contributed by atoms with Gasteiger partial charge in [-0.25, -0.2) is 4.39 Å². The van der Waals surface area contributed by atoms with Gasteiger partial charge >= 0.3 is 0 Å². The summed E-state index contributed by atoms with van der Waals surface area (Å²) < 4.78 is 15.5. The van der Waals surface area contributed by atoms with Crippen LogP contribution in [0.5, 0.6) is 0 Å². The highest BCUT2D eigenvalue weighted by Gasteiger charge is 2.27. The predicted molar refractivity (Wildman–Crippen MR) is 78.0 cm³/mol. The van der Waals surface area contributed by atoms with Crippen LogP contribution in [0.4, 0.5) is 4.39 Å². The van der Waals surface area contributed by atoms with Gasteiger partial charge in [0, 0.05) is 12.1 Å². The van der Waals surface area contributed by atoms with Crippen LogP contribution in [-0.2, 0) is 4.79 Å². The molecule has 1 aromatic carbocycles. The topological polar surface area (TPSA) is 49.8 Å². The summed E-state index contributed by atoms with van der Waals surface area (Å²) in [5, 5.41) is 2.94. The summed E-state index contributed by atoms with van der Waals surface area (Å²) in [5.74, 6) is -0.609. The zero-order chi connectivity index (χ0) is 14.4. The average molecular weight is 314 g/mol. The van der Waals surface area contributed by atoms with E-state index in [4.69, 9.17) is 23.8 Å². The minimum atomic E-state index is -0.516. The largest absolute Gasteiger partial charge is 0.352 e. The number of rotatable bonds is 3. The highest BCUT2D eigenvalue weighted by atomic mass is 35.5. The summed E-state index contributed by atoms with van der Waals surface area (Å²) in [6.45, 7) is 1.76. The van der Waals surface area contributed by atoms with Crippen molar-refractivity contribution in [2.24, 2.45) is 0 Å². The summed E-state index contributed by atoms with van der Waals surface area (Å²) in [4.78, 5) is 15.0. The Kier molecular flexibility index (Phi) is 3.30. The fourth-order valence-corrected chi connectivity index (χ4v) is 2.70. The van der Waals surface area contributed by atoms with E-state index >= 15 is 0 Å². The molecule has 0 radical (unpaired) electrons. The molecule has 1 aliphatic rings. The molecule has 4 nitrogen and oxygen atoms in total. The molecule has 1 unspecified atom stereocenters. The maximum absolute atomic E-state index is 13.5. The summed E-state index contributed by atoms with van der Waals surface area (Å²) in [7, 11) is 0. The number of fused-ring (bicyclic) bond motifs is 1. The zero-order valence-electron chi connectivity index (χ0n) is 10.7. The number of benzene rings is 1. The van der Waals surface area contributed by atoms with Crippen molar-refractivity contribution in [3.63, 3.8) is 0 Å². The summed E-state index contributed by atoms with van der Waals surface area (Å²) in [6.07, 6.45) is 2.05. The number of aromatic nitrogens is 2. The standard InChI is InChI=1S/C13H13ClFN3OS/c1-6(12(19)16-7-2-3-7)18-11-4-8(14)9(15)5-10(11)17-13(18)20/h4-7H,2-3H2,1H3,(H,16,19)(H,17,20). The van der Waals surface area contributed by atoms with Crippen LogP contribution in [0, 0.1) is 10.6 Å². The number of carbonyl (C=O) groups is 1. The molecule has 2 aromatic rings. The first-order valence-electron chi connectivity index (χ1n) is 6.37. The molecule has 1 amide bonds. The fourth-order valence-electron chi connectivity index (χ4n) is 2.17. The van der Waals surface area contributed by atoms with Crippen LogP contribution in [0.15, 0.2) is 12.1 Å². The lowest BCUT2D eigenvalue weighted by Gasteiger charge is -2.14. The molecular formula is C13H13ClFN3OS. The first kappa shape index (κ1) is 13.6. The van der Waals surface area contributed by atoms with E-state index in [0.717, 1.165) is 12.8 Å². The molecule has 1 heterocycles. The number of nitrogens with zero attached hydrogens (tertiary/aromatic N) is 1. The number of hydrogen-bond acceptors (Lipinski definition) is 2. The van der Waals surface area contributed by atoms with Gasteiger partial charge in [-0.1, -0.05) is 11.6 Å². The average Bonchev–Trinajstić information content (AvgIpc) is 3.13. The molecule has 2 N–H and O–H groups in total. The normalized spacial score (nSPS) is 16.4. The van der Waals surface area contributed by atoms with Crippen LogP contribution in [0.1, 0.15) is 25.8 Å². The van der Waals surface area contributed by atoms with Crippen molar-refractivity contribution in [3.05, 3.63) is 27.7 Å². The molecule has 1 aliphatic carbocycles. The van der Waals surface area contributed by atoms with E-state index < -0.39 is 11.9 Å². The van der Waals surface area contributed by atoms with Crippen LogP contribution in [-0.4, -0.2) is 21.5 Å². The number of halogens is 2. The van der Waals surface area contributed by atoms with Gasteiger partial charge in [-0.2, -0.15) is 0 Å². The number of imidazole rings is 1. The lowest BCUT2D eigenvalue weighted by molar-refractivity contribution is -0.123. The first-order valence-corrected chi connectivity index (χ1v) is 7.15. The Morgan fingerprint density at radius 1 is 1.60 bits per heavy atom. The lowest BCUT2D eigenvalue weighted by atomic mass is 10.2. The third-order valence-electron chi connectivity index (χ3n) is 3.45. The van der Waals surface area contributed by atoms with E-state index in [0.29, 0.717) is 15.8 Å². The Morgan fingerprint density at radius 3 is 2.95 bits per heavy atom. The molecule has 1 saturated carbocycles. The molecule has 1 fully saturated rings. The summed E-state index contributed by atoms with van der Waals surface area (Å²) in [5.41, 5.74) is 1.16. The quantitative estimate of drug-likeness (QED) is 0.854. The molecule has 0 spiro atoms. The van der Waals surface area contributed by atoms with Crippen LogP contribution in [0.2, 0.25) is 5.02 Å². The predicted octanol–water partition coefficient (Wildman–Crippen LogP) is 3.33. The molecular weight excluding hydrogens is 301 g/mol. The molecule has 7 heteroatoms. The molecule has 1 aromatic heterocycles.